The van der Waals surface area contributed by atoms with E-state index in [0.29, 0.717) is 39.9 Å². The van der Waals surface area contributed by atoms with E-state index in [0.717, 1.165) is 0 Å². The number of aromatic nitrogens is 2. The maximum Gasteiger partial charge on any atom is 0.254 e. The number of hydrogen-bond donors (Lipinski definition) is 1. The minimum absolute atomic E-state index is 0.168. The lowest BCUT2D eigenvalue weighted by Crippen LogP contribution is -2.27. The number of carbonyl (C=O) groups excluding carboxylic acids is 1. The average molecular weight is 409 g/mol. The van der Waals surface area contributed by atoms with Crippen molar-refractivity contribution in [2.24, 2.45) is 0 Å². The van der Waals surface area contributed by atoms with Crippen LogP contribution in [0.5, 0.6) is 23.0 Å². The van der Waals surface area contributed by atoms with Gasteiger partial charge in [0.15, 0.2) is 11.5 Å². The quantitative estimate of drug-likeness (QED) is 0.667. The van der Waals surface area contributed by atoms with E-state index < -0.39 is 5.91 Å². The van der Waals surface area contributed by atoms with Crippen molar-refractivity contribution in [2.75, 3.05) is 26.3 Å². The summed E-state index contributed by atoms with van der Waals surface area (Å²) >= 11 is 0. The van der Waals surface area contributed by atoms with Gasteiger partial charge in [-0.05, 0) is 30.3 Å². The molecule has 2 heterocycles. The van der Waals surface area contributed by atoms with Gasteiger partial charge in [0.25, 0.3) is 5.56 Å². The molecule has 0 radical (unpaired) electrons. The lowest BCUT2D eigenvalue weighted by Gasteiger charge is -2.12. The summed E-state index contributed by atoms with van der Waals surface area (Å²) in [4.78, 5) is 29.3. The molecule has 9 nitrogen and oxygen atoms in total. The van der Waals surface area contributed by atoms with Crippen molar-refractivity contribution in [2.45, 2.75) is 6.54 Å². The molecule has 0 bridgehead atoms. The third-order valence-electron chi connectivity index (χ3n) is 4.54. The predicted molar refractivity (Wildman–Crippen MR) is 108 cm³/mol. The first-order chi connectivity index (χ1) is 14.6. The Bertz CT molecular complexity index is 1160. The van der Waals surface area contributed by atoms with Gasteiger partial charge in [-0.3, -0.25) is 14.2 Å². The van der Waals surface area contributed by atoms with Crippen LogP contribution >= 0.6 is 0 Å². The Hall–Kier alpha value is -4.01. The summed E-state index contributed by atoms with van der Waals surface area (Å²) in [6.45, 7) is -0.0331. The standard InChI is InChI=1S/C21H19N3O6/c1-27-14-4-6-17(28-2)16(8-14)23-20(25)10-24-11-22-15(9-21(24)26)13-3-5-18-19(7-13)30-12-29-18/h3-9,11H,10,12H2,1-2H3,(H,23,25). The van der Waals surface area contributed by atoms with Gasteiger partial charge in [0, 0.05) is 17.7 Å². The van der Waals surface area contributed by atoms with Crippen LogP contribution in [0.25, 0.3) is 11.3 Å². The molecule has 1 N–H and O–H groups in total. The molecule has 0 fully saturated rings. The molecule has 1 aromatic heterocycles. The molecule has 1 aliphatic rings. The van der Waals surface area contributed by atoms with Crippen molar-refractivity contribution in [3.8, 4) is 34.3 Å². The number of fused-ring (bicyclic) bond motifs is 1. The first kappa shape index (κ1) is 19.3. The number of anilines is 1. The highest BCUT2D eigenvalue weighted by atomic mass is 16.7. The van der Waals surface area contributed by atoms with Gasteiger partial charge in [-0.1, -0.05) is 0 Å². The van der Waals surface area contributed by atoms with E-state index in [1.807, 2.05) is 0 Å². The Labute approximate surface area is 171 Å². The van der Waals surface area contributed by atoms with Crippen molar-refractivity contribution >= 4 is 11.6 Å². The summed E-state index contributed by atoms with van der Waals surface area (Å²) in [6.07, 6.45) is 1.34. The van der Waals surface area contributed by atoms with Crippen LogP contribution in [0, 0.1) is 0 Å². The molecule has 0 aliphatic carbocycles. The number of carbonyl (C=O) groups is 1. The van der Waals surface area contributed by atoms with Gasteiger partial charge in [0.2, 0.25) is 12.7 Å². The van der Waals surface area contributed by atoms with Crippen molar-refractivity contribution < 1.29 is 23.7 Å². The summed E-state index contributed by atoms with van der Waals surface area (Å²) in [5.74, 6) is 1.90. The topological polar surface area (TPSA) is 101 Å². The van der Waals surface area contributed by atoms with Crippen LogP contribution in [-0.4, -0.2) is 36.5 Å². The van der Waals surface area contributed by atoms with E-state index in [2.05, 4.69) is 10.3 Å². The van der Waals surface area contributed by atoms with E-state index in [9.17, 15) is 9.59 Å². The smallest absolute Gasteiger partial charge is 0.254 e. The zero-order chi connectivity index (χ0) is 21.1. The van der Waals surface area contributed by atoms with Gasteiger partial charge in [0.1, 0.15) is 18.0 Å². The van der Waals surface area contributed by atoms with E-state index in [1.54, 1.807) is 36.4 Å². The Balaban J connectivity index is 1.50. The molecule has 0 saturated heterocycles. The summed E-state index contributed by atoms with van der Waals surface area (Å²) in [5, 5.41) is 2.72. The Morgan fingerprint density at radius 3 is 2.70 bits per heavy atom. The fourth-order valence-corrected chi connectivity index (χ4v) is 3.01. The first-order valence-corrected chi connectivity index (χ1v) is 9.06. The molecular weight excluding hydrogens is 390 g/mol. The maximum absolute atomic E-state index is 12.5. The lowest BCUT2D eigenvalue weighted by atomic mass is 10.1. The fraction of sp³-hybridized carbons (Fsp3) is 0.190. The second-order valence-electron chi connectivity index (χ2n) is 6.42. The van der Waals surface area contributed by atoms with Crippen LogP contribution in [-0.2, 0) is 11.3 Å². The molecule has 1 aliphatic heterocycles. The molecule has 1 amide bonds. The van der Waals surface area contributed by atoms with Crippen LogP contribution in [0.3, 0.4) is 0 Å². The maximum atomic E-state index is 12.5. The van der Waals surface area contributed by atoms with E-state index in [1.165, 1.54) is 31.2 Å². The van der Waals surface area contributed by atoms with Crippen molar-refractivity contribution in [3.05, 3.63) is 59.1 Å². The van der Waals surface area contributed by atoms with Gasteiger partial charge in [-0.2, -0.15) is 0 Å². The predicted octanol–water partition coefficient (Wildman–Crippen LogP) is 2.29. The Kier molecular flexibility index (Phi) is 5.25. The summed E-state index contributed by atoms with van der Waals surface area (Å²) in [7, 11) is 3.03. The van der Waals surface area contributed by atoms with E-state index >= 15 is 0 Å². The average Bonchev–Trinajstić information content (AvgIpc) is 3.23. The molecular formula is C21H19N3O6. The molecule has 0 unspecified atom stereocenters. The second kappa shape index (κ2) is 8.16. The van der Waals surface area contributed by atoms with Crippen LogP contribution in [0.15, 0.2) is 53.6 Å². The SMILES string of the molecule is COc1ccc(OC)c(NC(=O)Cn2cnc(-c3ccc4c(c3)OCO4)cc2=O)c1. The molecule has 154 valence electrons. The number of ether oxygens (including phenoxy) is 4. The fourth-order valence-electron chi connectivity index (χ4n) is 3.01. The first-order valence-electron chi connectivity index (χ1n) is 9.06. The van der Waals surface area contributed by atoms with Crippen molar-refractivity contribution in [3.63, 3.8) is 0 Å². The molecule has 3 aromatic rings. The minimum Gasteiger partial charge on any atom is -0.497 e. The highest BCUT2D eigenvalue weighted by molar-refractivity contribution is 5.92. The van der Waals surface area contributed by atoms with Gasteiger partial charge in [0.05, 0.1) is 31.9 Å². The number of nitrogens with one attached hydrogen (secondary N) is 1. The zero-order valence-corrected chi connectivity index (χ0v) is 16.4. The molecule has 0 atom stereocenters. The third-order valence-corrected chi connectivity index (χ3v) is 4.54. The third kappa shape index (κ3) is 3.90. The van der Waals surface area contributed by atoms with Crippen LogP contribution in [0.2, 0.25) is 0 Å². The normalized spacial score (nSPS) is 11.8. The van der Waals surface area contributed by atoms with Gasteiger partial charge in [-0.15, -0.1) is 0 Å². The number of methoxy groups -OCH3 is 2. The minimum atomic E-state index is -0.402. The molecule has 0 spiro atoms. The van der Waals surface area contributed by atoms with Gasteiger partial charge in [-0.25, -0.2) is 4.98 Å². The van der Waals surface area contributed by atoms with Gasteiger partial charge >= 0.3 is 0 Å². The molecule has 0 saturated carbocycles. The lowest BCUT2D eigenvalue weighted by molar-refractivity contribution is -0.116. The molecule has 4 rings (SSSR count). The number of benzene rings is 2. The monoisotopic (exact) mass is 409 g/mol. The van der Waals surface area contributed by atoms with Crippen LogP contribution in [0.4, 0.5) is 5.69 Å². The summed E-state index contributed by atoms with van der Waals surface area (Å²) in [6, 6.07) is 11.7. The largest absolute Gasteiger partial charge is 0.497 e. The number of rotatable bonds is 6. The van der Waals surface area contributed by atoms with E-state index in [4.69, 9.17) is 18.9 Å². The van der Waals surface area contributed by atoms with Gasteiger partial charge < -0.3 is 24.3 Å². The van der Waals surface area contributed by atoms with E-state index in [-0.39, 0.29) is 18.9 Å². The van der Waals surface area contributed by atoms with Crippen LogP contribution < -0.4 is 29.8 Å². The summed E-state index contributed by atoms with van der Waals surface area (Å²) in [5.41, 5.74) is 1.28. The second-order valence-corrected chi connectivity index (χ2v) is 6.42. The highest BCUT2D eigenvalue weighted by Gasteiger charge is 2.15. The van der Waals surface area contributed by atoms with Crippen molar-refractivity contribution in [1.82, 2.24) is 9.55 Å². The Morgan fingerprint density at radius 2 is 1.93 bits per heavy atom. The number of nitrogens with zero attached hydrogens (tertiary/aromatic N) is 2. The number of amides is 1. The molecule has 9 heteroatoms. The molecule has 2 aromatic carbocycles. The number of hydrogen-bond acceptors (Lipinski definition) is 7. The summed E-state index contributed by atoms with van der Waals surface area (Å²) < 4.78 is 22.3. The Morgan fingerprint density at radius 1 is 1.10 bits per heavy atom. The zero-order valence-electron chi connectivity index (χ0n) is 16.4. The van der Waals surface area contributed by atoms with Crippen molar-refractivity contribution in [1.29, 1.82) is 0 Å². The highest BCUT2D eigenvalue weighted by Crippen LogP contribution is 2.35. The van der Waals surface area contributed by atoms with Crippen LogP contribution in [0.1, 0.15) is 0 Å². The molecule has 30 heavy (non-hydrogen) atoms.